The molecule has 4 rings (SSSR count). The van der Waals surface area contributed by atoms with E-state index in [1.165, 1.54) is 4.57 Å². The van der Waals surface area contributed by atoms with Crippen LogP contribution in [0.15, 0.2) is 33.9 Å². The number of pyridine rings is 1. The van der Waals surface area contributed by atoms with Crippen molar-refractivity contribution in [3.8, 4) is 0 Å². The van der Waals surface area contributed by atoms with E-state index in [1.54, 1.807) is 13.2 Å². The third kappa shape index (κ3) is 4.35. The van der Waals surface area contributed by atoms with Crippen molar-refractivity contribution in [3.05, 3.63) is 39.5 Å². The monoisotopic (exact) mass is 468 g/mol. The Morgan fingerprint density at radius 2 is 2.07 bits per heavy atom. The molecule has 2 aliphatic rings. The van der Waals surface area contributed by atoms with Crippen LogP contribution in [0.25, 0.3) is 0 Å². The maximum atomic E-state index is 12.2. The number of hydrogen-bond donors (Lipinski definition) is 1. The molecule has 1 N–H and O–H groups in total. The molecule has 2 aliphatic heterocycles. The third-order valence-electron chi connectivity index (χ3n) is 5.16. The zero-order chi connectivity index (χ0) is 19.0. The summed E-state index contributed by atoms with van der Waals surface area (Å²) in [5.41, 5.74) is 0.890. The molecule has 2 saturated heterocycles. The van der Waals surface area contributed by atoms with Crippen LogP contribution in [0.2, 0.25) is 0 Å². The summed E-state index contributed by atoms with van der Waals surface area (Å²) in [7, 11) is 1.69. The van der Waals surface area contributed by atoms with Gasteiger partial charge in [-0.1, -0.05) is 0 Å². The summed E-state index contributed by atoms with van der Waals surface area (Å²) in [5, 5.41) is 3.01. The average molecular weight is 469 g/mol. The van der Waals surface area contributed by atoms with Crippen LogP contribution in [0.1, 0.15) is 6.92 Å². The molecule has 2 aromatic heterocycles. The summed E-state index contributed by atoms with van der Waals surface area (Å²) in [6.07, 6.45) is 3.48. The molecular formula is C18H25BrN6O2S. The zero-order valence-electron chi connectivity index (χ0n) is 15.9. The maximum absolute atomic E-state index is 12.2. The Labute approximate surface area is 179 Å². The van der Waals surface area contributed by atoms with Crippen molar-refractivity contribution in [2.75, 3.05) is 43.1 Å². The molecule has 8 nitrogen and oxygen atoms in total. The quantitative estimate of drug-likeness (QED) is 0.731. The normalized spacial score (nSPS) is 20.4. The molecule has 4 heterocycles. The van der Waals surface area contributed by atoms with E-state index in [4.69, 9.17) is 4.74 Å². The van der Waals surface area contributed by atoms with E-state index < -0.39 is 0 Å². The number of nitrogens with zero attached hydrogens (tertiary/aromatic N) is 5. The van der Waals surface area contributed by atoms with Crippen LogP contribution < -0.4 is 15.8 Å². The van der Waals surface area contributed by atoms with Gasteiger partial charge in [-0.2, -0.15) is 13.5 Å². The molecule has 1 atom stereocenters. The van der Waals surface area contributed by atoms with Gasteiger partial charge >= 0.3 is 0 Å². The Hall–Kier alpha value is -1.62. The molecule has 0 amide bonds. The Balaban J connectivity index is 0.00000225. The Morgan fingerprint density at radius 3 is 2.68 bits per heavy atom. The van der Waals surface area contributed by atoms with E-state index >= 15 is 0 Å². The van der Waals surface area contributed by atoms with Crippen molar-refractivity contribution in [3.63, 3.8) is 0 Å². The van der Waals surface area contributed by atoms with E-state index in [9.17, 15) is 4.79 Å². The van der Waals surface area contributed by atoms with Gasteiger partial charge in [0.15, 0.2) is 5.82 Å². The number of aromatic nitrogens is 3. The van der Waals surface area contributed by atoms with E-state index in [-0.39, 0.29) is 24.9 Å². The first-order chi connectivity index (χ1) is 13.0. The molecule has 2 aromatic rings. The fourth-order valence-electron chi connectivity index (χ4n) is 3.54. The minimum Gasteiger partial charge on any atom is -0.378 e. The molecule has 0 aliphatic carbocycles. The van der Waals surface area contributed by atoms with Crippen molar-refractivity contribution >= 4 is 46.7 Å². The summed E-state index contributed by atoms with van der Waals surface area (Å²) in [6.45, 7) is 7.00. The van der Waals surface area contributed by atoms with Gasteiger partial charge in [0.25, 0.3) is 5.56 Å². The maximum Gasteiger partial charge on any atom is 0.293 e. The van der Waals surface area contributed by atoms with Gasteiger partial charge in [-0.05, 0) is 35.0 Å². The molecule has 0 saturated carbocycles. The highest BCUT2D eigenvalue weighted by Crippen LogP contribution is 2.24. The number of rotatable bonds is 4. The molecule has 2 fully saturated rings. The van der Waals surface area contributed by atoms with Gasteiger partial charge in [-0.3, -0.25) is 9.69 Å². The molecule has 152 valence electrons. The van der Waals surface area contributed by atoms with Gasteiger partial charge in [0, 0.05) is 38.9 Å². The summed E-state index contributed by atoms with van der Waals surface area (Å²) in [6, 6.07) is 4.92. The minimum absolute atomic E-state index is 0. The van der Waals surface area contributed by atoms with Gasteiger partial charge < -0.3 is 19.5 Å². The average Bonchev–Trinajstić information content (AvgIpc) is 2.59. The van der Waals surface area contributed by atoms with Crippen LogP contribution in [0.3, 0.4) is 0 Å². The van der Waals surface area contributed by atoms with E-state index in [2.05, 4.69) is 47.9 Å². The Kier molecular flexibility index (Phi) is 6.64. The molecule has 0 unspecified atom stereocenters. The summed E-state index contributed by atoms with van der Waals surface area (Å²) in [4.78, 5) is 25.7. The number of aryl methyl sites for hydroxylation is 1. The number of hydrogen-bond acceptors (Lipinski definition) is 7. The molecular weight excluding hydrogens is 444 g/mol. The Bertz CT molecular complexity index is 873. The smallest absolute Gasteiger partial charge is 0.293 e. The number of halogens is 1. The van der Waals surface area contributed by atoms with Crippen LogP contribution in [-0.4, -0.2) is 64.4 Å². The molecule has 0 radical (unpaired) electrons. The van der Waals surface area contributed by atoms with Gasteiger partial charge in [0.05, 0.1) is 31.1 Å². The third-order valence-corrected chi connectivity index (χ3v) is 5.55. The lowest BCUT2D eigenvalue weighted by Gasteiger charge is -2.46. The second-order valence-electron chi connectivity index (χ2n) is 7.08. The second-order valence-corrected chi connectivity index (χ2v) is 7.90. The number of anilines is 3. The molecule has 10 heteroatoms. The van der Waals surface area contributed by atoms with Gasteiger partial charge in [0.2, 0.25) is 0 Å². The first-order valence-electron chi connectivity index (χ1n) is 9.06. The molecule has 0 spiro atoms. The number of nitrogens with one attached hydrogen (secondary N) is 1. The molecule has 28 heavy (non-hydrogen) atoms. The van der Waals surface area contributed by atoms with Crippen molar-refractivity contribution in [2.24, 2.45) is 7.05 Å². The molecule has 0 aromatic carbocycles. The zero-order valence-corrected chi connectivity index (χ0v) is 18.5. The first kappa shape index (κ1) is 21.1. The van der Waals surface area contributed by atoms with E-state index in [0.29, 0.717) is 22.5 Å². The van der Waals surface area contributed by atoms with Crippen LogP contribution in [0, 0.1) is 0 Å². The van der Waals surface area contributed by atoms with Crippen molar-refractivity contribution in [1.82, 2.24) is 19.4 Å². The molecule has 0 bridgehead atoms. The summed E-state index contributed by atoms with van der Waals surface area (Å²) < 4.78 is 7.38. The fraction of sp³-hybridized carbons (Fsp3) is 0.500. The van der Waals surface area contributed by atoms with Crippen molar-refractivity contribution in [1.29, 1.82) is 0 Å². The Morgan fingerprint density at radius 1 is 1.29 bits per heavy atom. The summed E-state index contributed by atoms with van der Waals surface area (Å²) >= 11 is 3.31. The predicted molar refractivity (Wildman–Crippen MR) is 118 cm³/mol. The van der Waals surface area contributed by atoms with Crippen molar-refractivity contribution < 1.29 is 4.74 Å². The van der Waals surface area contributed by atoms with E-state index in [1.807, 2.05) is 18.3 Å². The fourth-order valence-corrected chi connectivity index (χ4v) is 4.02. The van der Waals surface area contributed by atoms with E-state index in [0.717, 1.165) is 38.5 Å². The van der Waals surface area contributed by atoms with Gasteiger partial charge in [-0.25, -0.2) is 9.97 Å². The SMILES string of the molecule is C[C@H]1CN(C2COC2)CCN1c1ccc(Nc2nc(Br)cn(C)c2=O)nc1.S. The standard InChI is InChI=1S/C18H23BrN6O2.H2S/c1-12-8-24(14-10-27-11-14)5-6-25(12)13-3-4-16(20-7-13)22-17-18(26)23(2)9-15(19)21-17;/h3-4,7,9,12,14H,5-6,8,10-11H2,1-2H3,(H,20,21,22);1H2/t12-;/m0./s1. The second kappa shape index (κ2) is 8.81. The number of piperazine rings is 1. The highest BCUT2D eigenvalue weighted by molar-refractivity contribution is 9.10. The highest BCUT2D eigenvalue weighted by atomic mass is 79.9. The van der Waals surface area contributed by atoms with Crippen LogP contribution in [0.5, 0.6) is 0 Å². The van der Waals surface area contributed by atoms with Crippen LogP contribution in [-0.2, 0) is 11.8 Å². The van der Waals surface area contributed by atoms with Gasteiger partial charge in [0.1, 0.15) is 10.4 Å². The first-order valence-corrected chi connectivity index (χ1v) is 9.85. The predicted octanol–water partition coefficient (Wildman–Crippen LogP) is 1.70. The van der Waals surface area contributed by atoms with Crippen LogP contribution >= 0.6 is 29.4 Å². The lowest BCUT2D eigenvalue weighted by molar-refractivity contribution is -0.0691. The van der Waals surface area contributed by atoms with Crippen LogP contribution in [0.4, 0.5) is 17.3 Å². The largest absolute Gasteiger partial charge is 0.378 e. The lowest BCUT2D eigenvalue weighted by atomic mass is 10.1. The summed E-state index contributed by atoms with van der Waals surface area (Å²) in [5.74, 6) is 0.844. The topological polar surface area (TPSA) is 75.5 Å². The lowest BCUT2D eigenvalue weighted by Crippen LogP contribution is -2.59. The van der Waals surface area contributed by atoms with Gasteiger partial charge in [-0.15, -0.1) is 0 Å². The minimum atomic E-state index is -0.200. The van der Waals surface area contributed by atoms with Crippen molar-refractivity contribution in [2.45, 2.75) is 19.0 Å². The highest BCUT2D eigenvalue weighted by Gasteiger charge is 2.32. The number of ether oxygens (including phenoxy) is 1.